The summed E-state index contributed by atoms with van der Waals surface area (Å²) >= 11 is 0. The average Bonchev–Trinajstić information content (AvgIpc) is 2.13. The van der Waals surface area contributed by atoms with Gasteiger partial charge in [-0.2, -0.15) is 4.58 Å². The van der Waals surface area contributed by atoms with Gasteiger partial charge in [-0.05, 0) is 6.92 Å². The zero-order valence-electron chi connectivity index (χ0n) is 5.98. The maximum atomic E-state index is 5.27. The van der Waals surface area contributed by atoms with Crippen LogP contribution in [0.2, 0.25) is 0 Å². The van der Waals surface area contributed by atoms with Crippen molar-refractivity contribution in [1.82, 2.24) is 0 Å². The fourth-order valence-electron chi connectivity index (χ4n) is 0.940. The lowest BCUT2D eigenvalue weighted by atomic mass is 10.3. The van der Waals surface area contributed by atoms with Crippen LogP contribution >= 0.6 is 0 Å². The molecule has 0 aromatic carbocycles. The minimum absolute atomic E-state index is 0.804. The quantitative estimate of drug-likeness (QED) is 0.469. The Kier molecular flexibility index (Phi) is 1.56. The lowest BCUT2D eigenvalue weighted by Crippen LogP contribution is -2.10. The van der Waals surface area contributed by atoms with E-state index in [9.17, 15) is 0 Å². The van der Waals surface area contributed by atoms with Crippen molar-refractivity contribution in [2.75, 3.05) is 20.2 Å². The van der Waals surface area contributed by atoms with E-state index in [0.717, 1.165) is 24.6 Å². The van der Waals surface area contributed by atoms with E-state index >= 15 is 0 Å². The average molecular weight is 126 g/mol. The molecule has 0 aliphatic carbocycles. The number of hydrogen-bond donors (Lipinski definition) is 0. The number of hydrogen-bond acceptors (Lipinski definition) is 1. The van der Waals surface area contributed by atoms with Crippen LogP contribution in [0.15, 0.2) is 12.2 Å². The first-order chi connectivity index (χ1) is 4.22. The first kappa shape index (κ1) is 6.33. The topological polar surface area (TPSA) is 12.2 Å². The molecule has 0 atom stereocenters. The number of nitrogens with zero attached hydrogens (tertiary/aromatic N) is 1. The molecule has 0 radical (unpaired) electrons. The zero-order chi connectivity index (χ0) is 6.85. The predicted octanol–water partition coefficient (Wildman–Crippen LogP) is 0.633. The van der Waals surface area contributed by atoms with Crippen LogP contribution in [-0.2, 0) is 4.74 Å². The Morgan fingerprint density at radius 2 is 2.44 bits per heavy atom. The standard InChI is InChI=1S/C7H12NO/c1-6(2)7-8(3)4-5-9-7/h1,4-5H2,2-3H3/q+1. The Balaban J connectivity index is 2.78. The van der Waals surface area contributed by atoms with Gasteiger partial charge in [0.1, 0.15) is 7.05 Å². The van der Waals surface area contributed by atoms with E-state index in [1.165, 1.54) is 0 Å². The molecule has 0 saturated carbocycles. The van der Waals surface area contributed by atoms with Crippen molar-refractivity contribution in [2.45, 2.75) is 6.92 Å². The smallest absolute Gasteiger partial charge is 0.364 e. The van der Waals surface area contributed by atoms with Crippen molar-refractivity contribution in [3.05, 3.63) is 12.2 Å². The fourth-order valence-corrected chi connectivity index (χ4v) is 0.940. The van der Waals surface area contributed by atoms with Gasteiger partial charge in [-0.25, -0.2) is 0 Å². The molecule has 1 aliphatic heterocycles. The maximum absolute atomic E-state index is 5.27. The summed E-state index contributed by atoms with van der Waals surface area (Å²) in [6.45, 7) is 7.53. The molecule has 0 amide bonds. The summed E-state index contributed by atoms with van der Waals surface area (Å²) in [4.78, 5) is 0. The van der Waals surface area contributed by atoms with E-state index in [1.807, 2.05) is 14.0 Å². The van der Waals surface area contributed by atoms with E-state index in [-0.39, 0.29) is 0 Å². The largest absolute Gasteiger partial charge is 0.438 e. The lowest BCUT2D eigenvalue weighted by molar-refractivity contribution is -0.486. The van der Waals surface area contributed by atoms with E-state index < -0.39 is 0 Å². The molecule has 9 heavy (non-hydrogen) atoms. The molecule has 0 unspecified atom stereocenters. The van der Waals surface area contributed by atoms with Gasteiger partial charge in [-0.1, -0.05) is 6.58 Å². The van der Waals surface area contributed by atoms with Crippen molar-refractivity contribution in [2.24, 2.45) is 0 Å². The molecule has 50 valence electrons. The minimum atomic E-state index is 0.804. The predicted molar refractivity (Wildman–Crippen MR) is 36.8 cm³/mol. The van der Waals surface area contributed by atoms with Gasteiger partial charge in [0.2, 0.25) is 0 Å². The van der Waals surface area contributed by atoms with Gasteiger partial charge in [-0.3, -0.25) is 0 Å². The van der Waals surface area contributed by atoms with Crippen LogP contribution in [0.1, 0.15) is 6.92 Å². The minimum Gasteiger partial charge on any atom is -0.438 e. The normalized spacial score (nSPS) is 18.0. The highest BCUT2D eigenvalue weighted by Gasteiger charge is 2.19. The molecule has 0 N–H and O–H groups in total. The first-order valence-electron chi connectivity index (χ1n) is 3.08. The third kappa shape index (κ3) is 1.12. The second-order valence-electron chi connectivity index (χ2n) is 2.36. The lowest BCUT2D eigenvalue weighted by Gasteiger charge is -1.92. The summed E-state index contributed by atoms with van der Waals surface area (Å²) in [6.07, 6.45) is 0. The molecule has 0 aromatic rings. The summed E-state index contributed by atoms with van der Waals surface area (Å²) < 4.78 is 7.34. The van der Waals surface area contributed by atoms with Crippen molar-refractivity contribution < 1.29 is 9.31 Å². The van der Waals surface area contributed by atoms with E-state index in [0.29, 0.717) is 0 Å². The Bertz CT molecular complexity index is 170. The molecule has 0 bridgehead atoms. The number of likely N-dealkylation sites (N-methyl/N-ethyl adjacent to an activating group) is 1. The van der Waals surface area contributed by atoms with Crippen LogP contribution in [0.3, 0.4) is 0 Å². The van der Waals surface area contributed by atoms with E-state index in [2.05, 4.69) is 11.2 Å². The van der Waals surface area contributed by atoms with Gasteiger partial charge < -0.3 is 4.74 Å². The monoisotopic (exact) mass is 126 g/mol. The summed E-state index contributed by atoms with van der Waals surface area (Å²) in [5.74, 6) is 0.940. The molecule has 1 aliphatic rings. The fraction of sp³-hybridized carbons (Fsp3) is 0.571. The Morgan fingerprint density at radius 1 is 1.78 bits per heavy atom. The highest BCUT2D eigenvalue weighted by molar-refractivity contribution is 5.88. The SMILES string of the molecule is C=C(C)C1=[N+](C)CCO1. The highest BCUT2D eigenvalue weighted by atomic mass is 16.5. The van der Waals surface area contributed by atoms with Crippen LogP contribution < -0.4 is 0 Å². The van der Waals surface area contributed by atoms with E-state index in [1.54, 1.807) is 0 Å². The van der Waals surface area contributed by atoms with Crippen molar-refractivity contribution in [3.63, 3.8) is 0 Å². The zero-order valence-corrected chi connectivity index (χ0v) is 5.98. The highest BCUT2D eigenvalue weighted by Crippen LogP contribution is 2.00. The van der Waals surface area contributed by atoms with Gasteiger partial charge in [0.15, 0.2) is 13.2 Å². The van der Waals surface area contributed by atoms with Crippen LogP contribution in [0.5, 0.6) is 0 Å². The van der Waals surface area contributed by atoms with Gasteiger partial charge in [-0.15, -0.1) is 0 Å². The Hall–Kier alpha value is -0.790. The third-order valence-electron chi connectivity index (χ3n) is 1.38. The van der Waals surface area contributed by atoms with Crippen LogP contribution in [0, 0.1) is 0 Å². The maximum Gasteiger partial charge on any atom is 0.364 e. The number of ether oxygens (including phenoxy) is 1. The summed E-state index contributed by atoms with van der Waals surface area (Å²) in [7, 11) is 2.01. The number of rotatable bonds is 1. The first-order valence-corrected chi connectivity index (χ1v) is 3.08. The Labute approximate surface area is 55.5 Å². The third-order valence-corrected chi connectivity index (χ3v) is 1.38. The van der Waals surface area contributed by atoms with E-state index in [4.69, 9.17) is 4.74 Å². The van der Waals surface area contributed by atoms with Gasteiger partial charge in [0.25, 0.3) is 0 Å². The molecule has 0 spiro atoms. The molecular formula is C7H12NO+. The second-order valence-corrected chi connectivity index (χ2v) is 2.36. The summed E-state index contributed by atoms with van der Waals surface area (Å²) in [5, 5.41) is 0. The van der Waals surface area contributed by atoms with Gasteiger partial charge >= 0.3 is 5.90 Å². The van der Waals surface area contributed by atoms with Gasteiger partial charge in [0.05, 0.1) is 5.57 Å². The Morgan fingerprint density at radius 3 is 2.67 bits per heavy atom. The summed E-state index contributed by atoms with van der Waals surface area (Å²) in [5.41, 5.74) is 1.01. The van der Waals surface area contributed by atoms with Crippen molar-refractivity contribution in [1.29, 1.82) is 0 Å². The molecule has 2 nitrogen and oxygen atoms in total. The van der Waals surface area contributed by atoms with Crippen molar-refractivity contribution in [3.8, 4) is 0 Å². The second kappa shape index (κ2) is 2.21. The molecule has 1 heterocycles. The van der Waals surface area contributed by atoms with Crippen LogP contribution in [-0.4, -0.2) is 30.7 Å². The molecule has 0 saturated heterocycles. The van der Waals surface area contributed by atoms with Crippen LogP contribution in [0.4, 0.5) is 0 Å². The summed E-state index contributed by atoms with van der Waals surface area (Å²) in [6, 6.07) is 0. The van der Waals surface area contributed by atoms with Crippen molar-refractivity contribution >= 4 is 5.90 Å². The molecule has 0 aromatic heterocycles. The molecule has 0 fully saturated rings. The van der Waals surface area contributed by atoms with Crippen LogP contribution in [0.25, 0.3) is 0 Å². The van der Waals surface area contributed by atoms with Gasteiger partial charge in [0, 0.05) is 0 Å². The molecule has 1 rings (SSSR count). The molecule has 2 heteroatoms. The molecular weight excluding hydrogens is 114 g/mol.